The molecule has 17 heavy (non-hydrogen) atoms. The van der Waals surface area contributed by atoms with Crippen molar-refractivity contribution in [1.82, 2.24) is 4.98 Å². The fourth-order valence-electron chi connectivity index (χ4n) is 2.05. The monoisotopic (exact) mass is 227 g/mol. The Labute approximate surface area is 102 Å². The first-order valence-electron chi connectivity index (χ1n) is 5.81. The van der Waals surface area contributed by atoms with Crippen molar-refractivity contribution in [1.29, 1.82) is 0 Å². The number of benzene rings is 1. The molecule has 0 radical (unpaired) electrons. The summed E-state index contributed by atoms with van der Waals surface area (Å²) in [5.74, 6) is 0. The van der Waals surface area contributed by atoms with Crippen LogP contribution in [0.2, 0.25) is 0 Å². The first-order chi connectivity index (χ1) is 8.16. The minimum atomic E-state index is -0.446. The third-order valence-electron chi connectivity index (χ3n) is 2.96. The number of hydrogen-bond donors (Lipinski definition) is 1. The molecule has 1 atom stereocenters. The Morgan fingerprint density at radius 3 is 2.47 bits per heavy atom. The van der Waals surface area contributed by atoms with Gasteiger partial charge in [0.25, 0.3) is 0 Å². The first-order valence-corrected chi connectivity index (χ1v) is 5.81. The van der Waals surface area contributed by atoms with E-state index in [0.29, 0.717) is 6.42 Å². The summed E-state index contributed by atoms with van der Waals surface area (Å²) in [4.78, 5) is 3.97. The third kappa shape index (κ3) is 2.92. The van der Waals surface area contributed by atoms with E-state index in [2.05, 4.69) is 18.0 Å². The molecule has 1 aromatic carbocycles. The Morgan fingerprint density at radius 1 is 1.12 bits per heavy atom. The Bertz CT molecular complexity index is 494. The Morgan fingerprint density at radius 2 is 1.82 bits per heavy atom. The van der Waals surface area contributed by atoms with Gasteiger partial charge in [-0.05, 0) is 42.7 Å². The predicted octanol–water partition coefficient (Wildman–Crippen LogP) is 2.97. The van der Waals surface area contributed by atoms with Crippen LogP contribution in [0.5, 0.6) is 0 Å². The lowest BCUT2D eigenvalue weighted by molar-refractivity contribution is 0.177. The molecule has 0 fully saturated rings. The summed E-state index contributed by atoms with van der Waals surface area (Å²) < 4.78 is 0. The number of aryl methyl sites for hydroxylation is 2. The van der Waals surface area contributed by atoms with Gasteiger partial charge in [-0.1, -0.05) is 23.8 Å². The van der Waals surface area contributed by atoms with Gasteiger partial charge in [-0.25, -0.2) is 0 Å². The van der Waals surface area contributed by atoms with Crippen LogP contribution < -0.4 is 0 Å². The van der Waals surface area contributed by atoms with E-state index in [1.54, 1.807) is 12.4 Å². The van der Waals surface area contributed by atoms with E-state index < -0.39 is 6.10 Å². The van der Waals surface area contributed by atoms with E-state index in [4.69, 9.17) is 0 Å². The number of hydrogen-bond acceptors (Lipinski definition) is 2. The topological polar surface area (TPSA) is 33.1 Å². The van der Waals surface area contributed by atoms with Crippen LogP contribution in [0, 0.1) is 13.8 Å². The highest BCUT2D eigenvalue weighted by Crippen LogP contribution is 2.22. The fourth-order valence-corrected chi connectivity index (χ4v) is 2.05. The maximum Gasteiger partial charge on any atom is 0.0832 e. The highest BCUT2D eigenvalue weighted by atomic mass is 16.3. The Kier molecular flexibility index (Phi) is 3.55. The standard InChI is InChI=1S/C15H17NO/c1-11-3-4-14(12(2)9-11)15(17)10-13-5-7-16-8-6-13/h3-9,15,17H,10H2,1-2H3. The maximum atomic E-state index is 10.2. The van der Waals surface area contributed by atoms with Crippen molar-refractivity contribution in [3.8, 4) is 0 Å². The average Bonchev–Trinajstić information content (AvgIpc) is 2.30. The van der Waals surface area contributed by atoms with Crippen molar-refractivity contribution in [2.75, 3.05) is 0 Å². The minimum absolute atomic E-state index is 0.446. The fraction of sp³-hybridized carbons (Fsp3) is 0.267. The van der Waals surface area contributed by atoms with Crippen molar-refractivity contribution in [2.45, 2.75) is 26.4 Å². The highest BCUT2D eigenvalue weighted by molar-refractivity contribution is 5.32. The van der Waals surface area contributed by atoms with E-state index in [-0.39, 0.29) is 0 Å². The molecule has 2 aromatic rings. The minimum Gasteiger partial charge on any atom is -0.388 e. The number of aliphatic hydroxyl groups is 1. The number of pyridine rings is 1. The zero-order chi connectivity index (χ0) is 12.3. The second kappa shape index (κ2) is 5.11. The molecule has 1 N–H and O–H groups in total. The van der Waals surface area contributed by atoms with Crippen LogP contribution in [0.4, 0.5) is 0 Å². The number of aliphatic hydroxyl groups excluding tert-OH is 1. The van der Waals surface area contributed by atoms with Crippen LogP contribution in [0.15, 0.2) is 42.7 Å². The molecular formula is C15H17NO. The summed E-state index contributed by atoms with van der Waals surface area (Å²) in [6.45, 7) is 4.10. The number of aromatic nitrogens is 1. The molecule has 2 rings (SSSR count). The van der Waals surface area contributed by atoms with Crippen LogP contribution in [-0.4, -0.2) is 10.1 Å². The summed E-state index contributed by atoms with van der Waals surface area (Å²) in [7, 11) is 0. The average molecular weight is 227 g/mol. The lowest BCUT2D eigenvalue weighted by Gasteiger charge is -2.14. The maximum absolute atomic E-state index is 10.2. The van der Waals surface area contributed by atoms with Gasteiger partial charge in [0.15, 0.2) is 0 Å². The summed E-state index contributed by atoms with van der Waals surface area (Å²) in [5.41, 5.74) is 4.48. The Balaban J connectivity index is 2.17. The van der Waals surface area contributed by atoms with Crippen molar-refractivity contribution < 1.29 is 5.11 Å². The van der Waals surface area contributed by atoms with E-state index in [0.717, 1.165) is 16.7 Å². The summed E-state index contributed by atoms with van der Waals surface area (Å²) in [6, 6.07) is 10.0. The Hall–Kier alpha value is -1.67. The summed E-state index contributed by atoms with van der Waals surface area (Å²) >= 11 is 0. The molecule has 0 aliphatic heterocycles. The van der Waals surface area contributed by atoms with Crippen LogP contribution >= 0.6 is 0 Å². The zero-order valence-corrected chi connectivity index (χ0v) is 10.2. The summed E-state index contributed by atoms with van der Waals surface area (Å²) in [5, 5.41) is 10.2. The molecule has 2 nitrogen and oxygen atoms in total. The molecule has 0 amide bonds. The molecule has 0 bridgehead atoms. The lowest BCUT2D eigenvalue weighted by Crippen LogP contribution is -2.04. The van der Waals surface area contributed by atoms with Gasteiger partial charge in [0.05, 0.1) is 6.10 Å². The molecule has 1 aromatic heterocycles. The van der Waals surface area contributed by atoms with Gasteiger partial charge in [0.2, 0.25) is 0 Å². The highest BCUT2D eigenvalue weighted by Gasteiger charge is 2.10. The van der Waals surface area contributed by atoms with E-state index in [9.17, 15) is 5.11 Å². The summed E-state index contributed by atoms with van der Waals surface area (Å²) in [6.07, 6.45) is 3.69. The lowest BCUT2D eigenvalue weighted by atomic mass is 9.97. The van der Waals surface area contributed by atoms with Gasteiger partial charge < -0.3 is 5.11 Å². The van der Waals surface area contributed by atoms with Crippen LogP contribution in [0.1, 0.15) is 28.4 Å². The molecular weight excluding hydrogens is 210 g/mol. The van der Waals surface area contributed by atoms with Crippen molar-refractivity contribution in [3.63, 3.8) is 0 Å². The van der Waals surface area contributed by atoms with Crippen molar-refractivity contribution >= 4 is 0 Å². The molecule has 0 aliphatic rings. The molecule has 88 valence electrons. The van der Waals surface area contributed by atoms with Crippen molar-refractivity contribution in [3.05, 3.63) is 65.0 Å². The van der Waals surface area contributed by atoms with Crippen LogP contribution in [0.3, 0.4) is 0 Å². The smallest absolute Gasteiger partial charge is 0.0832 e. The number of nitrogens with zero attached hydrogens (tertiary/aromatic N) is 1. The molecule has 1 unspecified atom stereocenters. The molecule has 0 saturated heterocycles. The van der Waals surface area contributed by atoms with Gasteiger partial charge in [-0.15, -0.1) is 0 Å². The third-order valence-corrected chi connectivity index (χ3v) is 2.96. The number of rotatable bonds is 3. The predicted molar refractivity (Wildman–Crippen MR) is 68.8 cm³/mol. The normalized spacial score (nSPS) is 12.4. The van der Waals surface area contributed by atoms with Gasteiger partial charge >= 0.3 is 0 Å². The largest absolute Gasteiger partial charge is 0.388 e. The van der Waals surface area contributed by atoms with Crippen molar-refractivity contribution in [2.24, 2.45) is 0 Å². The molecule has 1 heterocycles. The van der Waals surface area contributed by atoms with Gasteiger partial charge in [-0.3, -0.25) is 4.98 Å². The zero-order valence-electron chi connectivity index (χ0n) is 10.2. The van der Waals surface area contributed by atoms with E-state index >= 15 is 0 Å². The SMILES string of the molecule is Cc1ccc(C(O)Cc2ccncc2)c(C)c1. The van der Waals surface area contributed by atoms with Crippen LogP contribution in [-0.2, 0) is 6.42 Å². The van der Waals surface area contributed by atoms with Crippen LogP contribution in [0.25, 0.3) is 0 Å². The van der Waals surface area contributed by atoms with Gasteiger partial charge in [0, 0.05) is 18.8 Å². The molecule has 0 saturated carbocycles. The van der Waals surface area contributed by atoms with E-state index in [1.165, 1.54) is 5.56 Å². The first kappa shape index (κ1) is 11.8. The second-order valence-electron chi connectivity index (χ2n) is 4.44. The molecule has 2 heteroatoms. The second-order valence-corrected chi connectivity index (χ2v) is 4.44. The van der Waals surface area contributed by atoms with E-state index in [1.807, 2.05) is 31.2 Å². The molecule has 0 spiro atoms. The van der Waals surface area contributed by atoms with Gasteiger partial charge in [0.1, 0.15) is 0 Å². The quantitative estimate of drug-likeness (QED) is 0.874. The van der Waals surface area contributed by atoms with Gasteiger partial charge in [-0.2, -0.15) is 0 Å². The molecule has 0 aliphatic carbocycles.